The third kappa shape index (κ3) is 5.40. The fourth-order valence-electron chi connectivity index (χ4n) is 2.48. The molecule has 1 aliphatic rings. The van der Waals surface area contributed by atoms with E-state index < -0.39 is 54.1 Å². The maximum absolute atomic E-state index is 11.5. The quantitative estimate of drug-likeness (QED) is 0.501. The number of carbonyl (C=O) groups excluding carboxylic acids is 4. The van der Waals surface area contributed by atoms with Crippen molar-refractivity contribution in [1.29, 1.82) is 0 Å². The van der Waals surface area contributed by atoms with E-state index in [1.165, 1.54) is 6.92 Å². The van der Waals surface area contributed by atoms with Gasteiger partial charge in [0.2, 0.25) is 0 Å². The Morgan fingerprint density at radius 2 is 1.52 bits per heavy atom. The average molecular weight is 362 g/mol. The Balaban J connectivity index is 3.26. The van der Waals surface area contributed by atoms with Crippen molar-refractivity contribution in [1.82, 2.24) is 0 Å². The number of hydrogen-bond acceptors (Lipinski definition) is 10. The van der Waals surface area contributed by atoms with Gasteiger partial charge in [-0.2, -0.15) is 0 Å². The minimum atomic E-state index is -1.84. The third-order valence-corrected chi connectivity index (χ3v) is 3.43. The molecule has 1 heterocycles. The molecule has 0 unspecified atom stereocenters. The number of hydrogen-bond donors (Lipinski definition) is 1. The highest BCUT2D eigenvalue weighted by Gasteiger charge is 2.59. The van der Waals surface area contributed by atoms with Crippen LogP contribution in [0.15, 0.2) is 0 Å². The Hall–Kier alpha value is -2.20. The van der Waals surface area contributed by atoms with E-state index in [1.807, 2.05) is 0 Å². The summed E-state index contributed by atoms with van der Waals surface area (Å²) in [6, 6.07) is 0. The van der Waals surface area contributed by atoms with Gasteiger partial charge in [-0.15, -0.1) is 0 Å². The van der Waals surface area contributed by atoms with Crippen LogP contribution < -0.4 is 0 Å². The van der Waals surface area contributed by atoms with Gasteiger partial charge in [0.25, 0.3) is 0 Å². The second-order valence-corrected chi connectivity index (χ2v) is 5.71. The van der Waals surface area contributed by atoms with Crippen molar-refractivity contribution < 1.29 is 48.0 Å². The van der Waals surface area contributed by atoms with Crippen LogP contribution in [0.5, 0.6) is 0 Å². The Bertz CT molecular complexity index is 544. The largest absolute Gasteiger partial charge is 0.463 e. The van der Waals surface area contributed by atoms with Gasteiger partial charge in [-0.05, 0) is 6.92 Å². The lowest BCUT2D eigenvalue weighted by Crippen LogP contribution is -2.68. The normalized spacial score (nSPS) is 31.6. The summed E-state index contributed by atoms with van der Waals surface area (Å²) in [6.45, 7) is 5.36. The minimum Gasteiger partial charge on any atom is -0.463 e. The first kappa shape index (κ1) is 20.8. The lowest BCUT2D eigenvalue weighted by molar-refractivity contribution is -0.329. The van der Waals surface area contributed by atoms with Crippen LogP contribution in [0.2, 0.25) is 0 Å². The van der Waals surface area contributed by atoms with Crippen molar-refractivity contribution in [2.24, 2.45) is 0 Å². The number of aliphatic hydroxyl groups is 1. The third-order valence-electron chi connectivity index (χ3n) is 3.43. The van der Waals surface area contributed by atoms with E-state index >= 15 is 0 Å². The molecule has 0 amide bonds. The molecular weight excluding hydrogens is 340 g/mol. The number of ether oxygens (including phenoxy) is 5. The van der Waals surface area contributed by atoms with Gasteiger partial charge in [0.05, 0.1) is 0 Å². The van der Waals surface area contributed by atoms with Crippen molar-refractivity contribution in [2.75, 3.05) is 6.61 Å². The monoisotopic (exact) mass is 362 g/mol. The fourth-order valence-corrected chi connectivity index (χ4v) is 2.48. The van der Waals surface area contributed by atoms with E-state index in [0.29, 0.717) is 0 Å². The average Bonchev–Trinajstić information content (AvgIpc) is 2.44. The first-order chi connectivity index (χ1) is 11.5. The Kier molecular flexibility index (Phi) is 6.88. The lowest BCUT2D eigenvalue weighted by atomic mass is 9.87. The molecular formula is C15H22O10. The van der Waals surface area contributed by atoms with E-state index in [1.54, 1.807) is 0 Å². The van der Waals surface area contributed by atoms with Crippen LogP contribution >= 0.6 is 0 Å². The molecule has 0 spiro atoms. The number of aliphatic hydroxyl groups excluding tert-OH is 1. The molecule has 1 N–H and O–H groups in total. The summed E-state index contributed by atoms with van der Waals surface area (Å²) >= 11 is 0. The highest BCUT2D eigenvalue weighted by Crippen LogP contribution is 2.36. The molecule has 1 saturated heterocycles. The van der Waals surface area contributed by atoms with E-state index in [0.717, 1.165) is 27.7 Å². The Morgan fingerprint density at radius 3 is 1.96 bits per heavy atom. The van der Waals surface area contributed by atoms with Gasteiger partial charge in [-0.25, -0.2) is 0 Å². The Morgan fingerprint density at radius 1 is 0.960 bits per heavy atom. The van der Waals surface area contributed by atoms with Crippen molar-refractivity contribution >= 4 is 23.9 Å². The van der Waals surface area contributed by atoms with Gasteiger partial charge in [0.15, 0.2) is 24.1 Å². The molecule has 142 valence electrons. The van der Waals surface area contributed by atoms with Crippen LogP contribution in [-0.4, -0.2) is 65.8 Å². The van der Waals surface area contributed by atoms with Crippen LogP contribution in [0.25, 0.3) is 0 Å². The summed E-state index contributed by atoms with van der Waals surface area (Å²) in [6.07, 6.45) is -5.54. The maximum atomic E-state index is 11.5. The molecule has 0 aliphatic carbocycles. The summed E-state index contributed by atoms with van der Waals surface area (Å²) in [5, 5.41) is 10.3. The molecule has 25 heavy (non-hydrogen) atoms. The predicted octanol–water partition coefficient (Wildman–Crippen LogP) is -0.548. The Labute approximate surface area is 144 Å². The van der Waals surface area contributed by atoms with Crippen LogP contribution in [0, 0.1) is 0 Å². The topological polar surface area (TPSA) is 135 Å². The predicted molar refractivity (Wildman–Crippen MR) is 78.8 cm³/mol. The van der Waals surface area contributed by atoms with Gasteiger partial charge in [0, 0.05) is 27.7 Å². The van der Waals surface area contributed by atoms with Crippen molar-refractivity contribution in [3.05, 3.63) is 0 Å². The van der Waals surface area contributed by atoms with Gasteiger partial charge in [-0.3, -0.25) is 19.2 Å². The summed E-state index contributed by atoms with van der Waals surface area (Å²) in [5.41, 5.74) is -1.84. The minimum absolute atomic E-state index is 0.377. The molecule has 1 aliphatic heterocycles. The van der Waals surface area contributed by atoms with Gasteiger partial charge < -0.3 is 28.8 Å². The summed E-state index contributed by atoms with van der Waals surface area (Å²) < 4.78 is 25.5. The first-order valence-electron chi connectivity index (χ1n) is 7.48. The highest BCUT2D eigenvalue weighted by molar-refractivity contribution is 5.69. The summed E-state index contributed by atoms with van der Waals surface area (Å²) in [7, 11) is 0. The molecule has 0 radical (unpaired) electrons. The number of carbonyl (C=O) groups is 4. The molecule has 10 nitrogen and oxygen atoms in total. The molecule has 0 bridgehead atoms. The molecule has 0 aromatic rings. The summed E-state index contributed by atoms with van der Waals surface area (Å²) in [4.78, 5) is 45.4. The van der Waals surface area contributed by atoms with Crippen LogP contribution in [-0.2, 0) is 42.9 Å². The molecule has 1 rings (SSSR count). The van der Waals surface area contributed by atoms with Gasteiger partial charge >= 0.3 is 23.9 Å². The highest BCUT2D eigenvalue weighted by atomic mass is 16.7. The summed E-state index contributed by atoms with van der Waals surface area (Å²) in [5.74, 6) is -2.90. The van der Waals surface area contributed by atoms with Crippen LogP contribution in [0.1, 0.15) is 34.6 Å². The van der Waals surface area contributed by atoms with E-state index in [-0.39, 0.29) is 6.61 Å². The zero-order chi connectivity index (χ0) is 19.4. The van der Waals surface area contributed by atoms with E-state index in [2.05, 4.69) is 0 Å². The standard InChI is InChI=1S/C15H22O10/c1-7(16)21-6-11-12(22-8(2)17)13(23-9(3)18)15(5,14(20)24-11)25-10(4)19/h11-14,20H,6H2,1-5H3/t11-,12-,13+,14-,15+/m1/s1. The van der Waals surface area contributed by atoms with Crippen molar-refractivity contribution in [3.8, 4) is 0 Å². The number of rotatable bonds is 5. The number of esters is 4. The molecule has 0 saturated carbocycles. The molecule has 1 fully saturated rings. The van der Waals surface area contributed by atoms with E-state index in [9.17, 15) is 24.3 Å². The zero-order valence-corrected chi connectivity index (χ0v) is 14.6. The second kappa shape index (κ2) is 8.26. The van der Waals surface area contributed by atoms with E-state index in [4.69, 9.17) is 23.7 Å². The second-order valence-electron chi connectivity index (χ2n) is 5.71. The zero-order valence-electron chi connectivity index (χ0n) is 14.6. The van der Waals surface area contributed by atoms with Crippen LogP contribution in [0.3, 0.4) is 0 Å². The first-order valence-corrected chi connectivity index (χ1v) is 7.48. The SMILES string of the molecule is CC(=O)OC[C@H]1O[C@@H](O)[C@@](C)(OC(C)=O)[C@@H](OC(C)=O)[C@@H]1OC(C)=O. The van der Waals surface area contributed by atoms with Gasteiger partial charge in [-0.1, -0.05) is 0 Å². The van der Waals surface area contributed by atoms with Crippen LogP contribution in [0.4, 0.5) is 0 Å². The van der Waals surface area contributed by atoms with Gasteiger partial charge in [0.1, 0.15) is 12.7 Å². The fraction of sp³-hybridized carbons (Fsp3) is 0.733. The maximum Gasteiger partial charge on any atom is 0.303 e. The smallest absolute Gasteiger partial charge is 0.303 e. The lowest BCUT2D eigenvalue weighted by Gasteiger charge is -2.48. The van der Waals surface area contributed by atoms with Crippen molar-refractivity contribution in [3.63, 3.8) is 0 Å². The molecule has 5 atom stereocenters. The molecule has 0 aromatic heterocycles. The molecule has 10 heteroatoms. The van der Waals surface area contributed by atoms with Crippen molar-refractivity contribution in [2.45, 2.75) is 64.8 Å². The molecule has 0 aromatic carbocycles.